The van der Waals surface area contributed by atoms with Crippen molar-refractivity contribution in [1.29, 1.82) is 0 Å². The molecule has 0 bridgehead atoms. The number of carboxylic acids is 1. The monoisotopic (exact) mass is 372 g/mol. The van der Waals surface area contributed by atoms with Gasteiger partial charge in [-0.2, -0.15) is 5.10 Å². The lowest BCUT2D eigenvalue weighted by Gasteiger charge is -2.10. The molecule has 0 unspecified atom stereocenters. The normalized spacial score (nSPS) is 10.7. The third-order valence-corrected chi connectivity index (χ3v) is 3.69. The SMILES string of the molecule is Cc1cc(Br)c(-n2nc(C(=O)O)cc2C)c(Br)c1. The van der Waals surface area contributed by atoms with Crippen molar-refractivity contribution in [2.75, 3.05) is 0 Å². The summed E-state index contributed by atoms with van der Waals surface area (Å²) in [5.74, 6) is -1.03. The molecule has 94 valence electrons. The molecule has 0 atom stereocenters. The summed E-state index contributed by atoms with van der Waals surface area (Å²) in [4.78, 5) is 10.9. The molecule has 1 aromatic carbocycles. The Kier molecular flexibility index (Phi) is 3.59. The maximum absolute atomic E-state index is 10.9. The van der Waals surface area contributed by atoms with E-state index in [1.54, 1.807) is 10.7 Å². The number of halogens is 2. The Bertz CT molecular complexity index is 612. The van der Waals surface area contributed by atoms with Gasteiger partial charge in [0.1, 0.15) is 0 Å². The van der Waals surface area contributed by atoms with Crippen LogP contribution in [-0.4, -0.2) is 20.9 Å². The van der Waals surface area contributed by atoms with Crippen LogP contribution in [0.4, 0.5) is 0 Å². The van der Waals surface area contributed by atoms with Crippen LogP contribution in [0, 0.1) is 13.8 Å². The predicted octanol–water partition coefficient (Wildman–Crippen LogP) is 3.71. The number of benzene rings is 1. The molecule has 1 heterocycles. The van der Waals surface area contributed by atoms with E-state index in [-0.39, 0.29) is 5.69 Å². The maximum Gasteiger partial charge on any atom is 0.356 e. The summed E-state index contributed by atoms with van der Waals surface area (Å²) < 4.78 is 3.33. The average molecular weight is 374 g/mol. The molecular formula is C12H10Br2N2O2. The summed E-state index contributed by atoms with van der Waals surface area (Å²) in [6.45, 7) is 3.80. The number of carbonyl (C=O) groups is 1. The zero-order chi connectivity index (χ0) is 13.4. The minimum atomic E-state index is -1.03. The second kappa shape index (κ2) is 4.85. The van der Waals surface area contributed by atoms with Gasteiger partial charge < -0.3 is 5.11 Å². The van der Waals surface area contributed by atoms with Gasteiger partial charge in [0.15, 0.2) is 5.69 Å². The average Bonchev–Trinajstić information content (AvgIpc) is 2.59. The van der Waals surface area contributed by atoms with Gasteiger partial charge in [0, 0.05) is 14.6 Å². The van der Waals surface area contributed by atoms with Gasteiger partial charge in [-0.25, -0.2) is 9.48 Å². The summed E-state index contributed by atoms with van der Waals surface area (Å²) >= 11 is 6.95. The fourth-order valence-corrected chi connectivity index (χ4v) is 3.45. The van der Waals surface area contributed by atoms with Gasteiger partial charge in [-0.1, -0.05) is 0 Å². The Morgan fingerprint density at radius 1 is 1.22 bits per heavy atom. The van der Waals surface area contributed by atoms with E-state index in [0.717, 1.165) is 25.9 Å². The number of aryl methyl sites for hydroxylation is 2. The van der Waals surface area contributed by atoms with Gasteiger partial charge in [0.05, 0.1) is 5.69 Å². The summed E-state index contributed by atoms with van der Waals surface area (Å²) in [5, 5.41) is 13.0. The second-order valence-corrected chi connectivity index (χ2v) is 5.67. The van der Waals surface area contributed by atoms with E-state index in [2.05, 4.69) is 37.0 Å². The Balaban J connectivity index is 2.66. The Morgan fingerprint density at radius 2 is 1.78 bits per heavy atom. The first-order valence-electron chi connectivity index (χ1n) is 5.16. The van der Waals surface area contributed by atoms with Crippen LogP contribution in [0.15, 0.2) is 27.1 Å². The van der Waals surface area contributed by atoms with Crippen molar-refractivity contribution in [2.45, 2.75) is 13.8 Å². The highest BCUT2D eigenvalue weighted by molar-refractivity contribution is 9.11. The molecule has 6 heteroatoms. The number of aromatic carboxylic acids is 1. The van der Waals surface area contributed by atoms with Crippen molar-refractivity contribution in [2.24, 2.45) is 0 Å². The molecule has 4 nitrogen and oxygen atoms in total. The quantitative estimate of drug-likeness (QED) is 0.872. The maximum atomic E-state index is 10.9. The van der Waals surface area contributed by atoms with Crippen LogP contribution in [0.5, 0.6) is 0 Å². The van der Waals surface area contributed by atoms with Gasteiger partial charge in [-0.3, -0.25) is 0 Å². The molecule has 2 aromatic rings. The highest BCUT2D eigenvalue weighted by atomic mass is 79.9. The fourth-order valence-electron chi connectivity index (χ4n) is 1.70. The molecule has 1 N–H and O–H groups in total. The number of hydrogen-bond acceptors (Lipinski definition) is 2. The first kappa shape index (κ1) is 13.3. The molecule has 0 aliphatic rings. The summed E-state index contributed by atoms with van der Waals surface area (Å²) in [6.07, 6.45) is 0. The first-order chi connectivity index (χ1) is 8.40. The lowest BCUT2D eigenvalue weighted by Crippen LogP contribution is -2.04. The van der Waals surface area contributed by atoms with E-state index in [1.165, 1.54) is 0 Å². The molecule has 0 radical (unpaired) electrons. The summed E-state index contributed by atoms with van der Waals surface area (Å²) in [5.41, 5.74) is 2.69. The minimum absolute atomic E-state index is 0.0341. The van der Waals surface area contributed by atoms with Crippen molar-refractivity contribution in [3.05, 3.63) is 44.1 Å². The molecule has 0 spiro atoms. The van der Waals surface area contributed by atoms with E-state index in [1.807, 2.05) is 26.0 Å². The molecule has 0 saturated carbocycles. The van der Waals surface area contributed by atoms with Crippen LogP contribution < -0.4 is 0 Å². The van der Waals surface area contributed by atoms with Gasteiger partial charge in [0.2, 0.25) is 0 Å². The molecule has 0 amide bonds. The van der Waals surface area contributed by atoms with Crippen LogP contribution in [-0.2, 0) is 0 Å². The molecular weight excluding hydrogens is 364 g/mol. The van der Waals surface area contributed by atoms with Crippen molar-refractivity contribution in [1.82, 2.24) is 9.78 Å². The molecule has 0 aliphatic carbocycles. The standard InChI is InChI=1S/C12H10Br2N2O2/c1-6-3-8(13)11(9(14)4-6)16-7(2)5-10(15-16)12(17)18/h3-5H,1-2H3,(H,17,18). The molecule has 18 heavy (non-hydrogen) atoms. The first-order valence-corrected chi connectivity index (χ1v) is 6.74. The van der Waals surface area contributed by atoms with Crippen molar-refractivity contribution in [3.8, 4) is 5.69 Å². The zero-order valence-corrected chi connectivity index (χ0v) is 12.9. The third kappa shape index (κ3) is 2.35. The molecule has 0 saturated heterocycles. The van der Waals surface area contributed by atoms with E-state index < -0.39 is 5.97 Å². The van der Waals surface area contributed by atoms with Crippen molar-refractivity contribution in [3.63, 3.8) is 0 Å². The minimum Gasteiger partial charge on any atom is -0.476 e. The van der Waals surface area contributed by atoms with Crippen LogP contribution in [0.2, 0.25) is 0 Å². The van der Waals surface area contributed by atoms with E-state index in [9.17, 15) is 4.79 Å². The summed E-state index contributed by atoms with van der Waals surface area (Å²) in [6, 6.07) is 5.46. The zero-order valence-electron chi connectivity index (χ0n) is 9.74. The highest BCUT2D eigenvalue weighted by Gasteiger charge is 2.16. The molecule has 1 aromatic heterocycles. The van der Waals surface area contributed by atoms with Gasteiger partial charge in [-0.05, 0) is 69.5 Å². The topological polar surface area (TPSA) is 55.1 Å². The van der Waals surface area contributed by atoms with Gasteiger partial charge in [-0.15, -0.1) is 0 Å². The van der Waals surface area contributed by atoms with Crippen LogP contribution >= 0.6 is 31.9 Å². The number of carboxylic acid groups (broad SMARTS) is 1. The predicted molar refractivity (Wildman–Crippen MR) is 75.4 cm³/mol. The van der Waals surface area contributed by atoms with Crippen molar-refractivity contribution >= 4 is 37.8 Å². The van der Waals surface area contributed by atoms with E-state index in [0.29, 0.717) is 0 Å². The lowest BCUT2D eigenvalue weighted by atomic mass is 10.2. The second-order valence-electron chi connectivity index (χ2n) is 3.97. The number of nitrogens with zero attached hydrogens (tertiary/aromatic N) is 2. The summed E-state index contributed by atoms with van der Waals surface area (Å²) in [7, 11) is 0. The number of aromatic nitrogens is 2. The molecule has 0 fully saturated rings. The van der Waals surface area contributed by atoms with E-state index in [4.69, 9.17) is 5.11 Å². The molecule has 0 aliphatic heterocycles. The smallest absolute Gasteiger partial charge is 0.356 e. The van der Waals surface area contributed by atoms with Crippen molar-refractivity contribution < 1.29 is 9.90 Å². The van der Waals surface area contributed by atoms with E-state index >= 15 is 0 Å². The fraction of sp³-hybridized carbons (Fsp3) is 0.167. The third-order valence-electron chi connectivity index (χ3n) is 2.48. The van der Waals surface area contributed by atoms with Gasteiger partial charge >= 0.3 is 5.97 Å². The Morgan fingerprint density at radius 3 is 2.22 bits per heavy atom. The molecule has 2 rings (SSSR count). The van der Waals surface area contributed by atoms with Gasteiger partial charge in [0.25, 0.3) is 0 Å². The van der Waals surface area contributed by atoms with Crippen LogP contribution in [0.3, 0.4) is 0 Å². The largest absolute Gasteiger partial charge is 0.476 e. The number of rotatable bonds is 2. The lowest BCUT2D eigenvalue weighted by molar-refractivity contribution is 0.0690. The number of hydrogen-bond donors (Lipinski definition) is 1. The highest BCUT2D eigenvalue weighted by Crippen LogP contribution is 2.31. The Hall–Kier alpha value is -1.14. The van der Waals surface area contributed by atoms with Crippen LogP contribution in [0.25, 0.3) is 5.69 Å². The van der Waals surface area contributed by atoms with Crippen LogP contribution in [0.1, 0.15) is 21.7 Å². The Labute approximate surface area is 121 Å².